The largest absolute Gasteiger partial charge is 0.457 e. The molecule has 7 atom stereocenters. The Kier molecular flexibility index (Phi) is 10.3. The Morgan fingerprint density at radius 2 is 1.52 bits per heavy atom. The average molecular weight is 556 g/mol. The number of amides is 1. The van der Waals surface area contributed by atoms with E-state index in [1.54, 1.807) is 4.90 Å². The van der Waals surface area contributed by atoms with Crippen molar-refractivity contribution in [1.29, 1.82) is 0 Å². The number of hydrogen-bond donors (Lipinski definition) is 0. The molecule has 40 heavy (non-hydrogen) atoms. The van der Waals surface area contributed by atoms with E-state index in [9.17, 15) is 14.4 Å². The van der Waals surface area contributed by atoms with E-state index in [-0.39, 0.29) is 19.1 Å². The molecule has 0 aromatic heterocycles. The Balaban J connectivity index is 1.67. The van der Waals surface area contributed by atoms with Gasteiger partial charge in [-0.15, -0.1) is 0 Å². The Hall–Kier alpha value is -3.31. The first-order chi connectivity index (χ1) is 19.3. The molecule has 2 aromatic carbocycles. The second-order valence-electron chi connectivity index (χ2n) is 9.69. The van der Waals surface area contributed by atoms with E-state index in [2.05, 4.69) is 0 Å². The number of rotatable bonds is 12. The maximum Gasteiger partial charge on any atom is 0.303 e. The maximum absolute atomic E-state index is 13.1. The lowest BCUT2D eigenvalue weighted by molar-refractivity contribution is -0.291. The molecule has 0 N–H and O–H groups in total. The minimum Gasteiger partial charge on any atom is -0.457 e. The van der Waals surface area contributed by atoms with Crippen molar-refractivity contribution in [2.45, 2.75) is 77.2 Å². The van der Waals surface area contributed by atoms with Crippen LogP contribution in [0.3, 0.4) is 0 Å². The van der Waals surface area contributed by atoms with Crippen LogP contribution in [0.15, 0.2) is 60.7 Å². The van der Waals surface area contributed by atoms with Crippen molar-refractivity contribution in [2.24, 2.45) is 0 Å². The number of esters is 2. The fraction of sp³-hybridized carbons (Fsp3) is 0.500. The Morgan fingerprint density at radius 3 is 2.12 bits per heavy atom. The first kappa shape index (κ1) is 29.7. The summed E-state index contributed by atoms with van der Waals surface area (Å²) in [6.07, 6.45) is -6.15. The highest BCUT2D eigenvalue weighted by molar-refractivity contribution is 5.84. The molecule has 0 aliphatic carbocycles. The summed E-state index contributed by atoms with van der Waals surface area (Å²) in [4.78, 5) is 39.3. The predicted molar refractivity (Wildman–Crippen MR) is 143 cm³/mol. The van der Waals surface area contributed by atoms with Gasteiger partial charge in [0.25, 0.3) is 5.91 Å². The Morgan fingerprint density at radius 1 is 0.875 bits per heavy atom. The van der Waals surface area contributed by atoms with E-state index >= 15 is 0 Å². The third kappa shape index (κ3) is 7.45. The molecule has 0 unspecified atom stereocenters. The van der Waals surface area contributed by atoms with Gasteiger partial charge in [0.05, 0.1) is 13.2 Å². The van der Waals surface area contributed by atoms with Crippen molar-refractivity contribution >= 4 is 17.8 Å². The van der Waals surface area contributed by atoms with Gasteiger partial charge in [0.1, 0.15) is 18.3 Å². The highest BCUT2D eigenvalue weighted by Crippen LogP contribution is 2.37. The number of hydrogen-bond acceptors (Lipinski definition) is 9. The summed E-state index contributed by atoms with van der Waals surface area (Å²) in [5, 5.41) is 0. The first-order valence-corrected chi connectivity index (χ1v) is 13.6. The van der Waals surface area contributed by atoms with E-state index in [1.807, 2.05) is 74.5 Å². The quantitative estimate of drug-likeness (QED) is 0.288. The lowest BCUT2D eigenvalue weighted by Gasteiger charge is -2.41. The van der Waals surface area contributed by atoms with Crippen molar-refractivity contribution in [3.8, 4) is 0 Å². The highest BCUT2D eigenvalue weighted by Gasteiger charge is 2.58. The van der Waals surface area contributed by atoms with Gasteiger partial charge in [-0.25, -0.2) is 0 Å². The average Bonchev–Trinajstić information content (AvgIpc) is 3.75. The van der Waals surface area contributed by atoms with E-state index < -0.39 is 54.9 Å². The molecular weight excluding hydrogens is 518 g/mol. The number of nitrogens with zero attached hydrogens (tertiary/aromatic N) is 1. The second kappa shape index (κ2) is 13.8. The molecule has 2 aliphatic heterocycles. The molecular formula is C30H37NO9. The lowest BCUT2D eigenvalue weighted by Crippen LogP contribution is -2.56. The van der Waals surface area contributed by atoms with Crippen molar-refractivity contribution < 1.29 is 42.8 Å². The van der Waals surface area contributed by atoms with Crippen LogP contribution in [-0.4, -0.2) is 79.1 Å². The van der Waals surface area contributed by atoms with Gasteiger partial charge in [0.2, 0.25) is 0 Å². The monoisotopic (exact) mass is 555 g/mol. The predicted octanol–water partition coefficient (Wildman–Crippen LogP) is 3.19. The minimum atomic E-state index is -1.08. The first-order valence-electron chi connectivity index (χ1n) is 13.6. The van der Waals surface area contributed by atoms with Gasteiger partial charge < -0.3 is 33.3 Å². The van der Waals surface area contributed by atoms with Gasteiger partial charge in [-0.05, 0) is 19.4 Å². The normalized spacial score (nSPS) is 25.4. The molecule has 2 saturated heterocycles. The zero-order valence-electron chi connectivity index (χ0n) is 23.3. The van der Waals surface area contributed by atoms with Crippen LogP contribution in [0.25, 0.3) is 0 Å². The fourth-order valence-corrected chi connectivity index (χ4v) is 4.88. The summed E-state index contributed by atoms with van der Waals surface area (Å²) in [6.45, 7) is 7.58. The van der Waals surface area contributed by atoms with Crippen LogP contribution in [0.4, 0.5) is 0 Å². The smallest absolute Gasteiger partial charge is 0.303 e. The Labute approximate surface area is 234 Å². The third-order valence-corrected chi connectivity index (χ3v) is 6.85. The van der Waals surface area contributed by atoms with Crippen molar-refractivity contribution in [3.63, 3.8) is 0 Å². The van der Waals surface area contributed by atoms with Crippen LogP contribution in [-0.2, 0) is 49.4 Å². The van der Waals surface area contributed by atoms with Gasteiger partial charge in [0, 0.05) is 32.5 Å². The van der Waals surface area contributed by atoms with Crippen molar-refractivity contribution in [2.75, 3.05) is 19.7 Å². The summed E-state index contributed by atoms with van der Waals surface area (Å²) in [6, 6.07) is 18.8. The fourth-order valence-electron chi connectivity index (χ4n) is 4.88. The molecule has 4 rings (SSSR count). The van der Waals surface area contributed by atoms with Crippen LogP contribution in [0.2, 0.25) is 0 Å². The molecule has 10 heteroatoms. The summed E-state index contributed by atoms with van der Waals surface area (Å²) < 4.78 is 35.9. The molecule has 1 amide bonds. The summed E-state index contributed by atoms with van der Waals surface area (Å²) in [5.74, 6) is -1.30. The van der Waals surface area contributed by atoms with E-state index in [1.165, 1.54) is 13.8 Å². The van der Waals surface area contributed by atoms with Gasteiger partial charge >= 0.3 is 11.9 Å². The summed E-state index contributed by atoms with van der Waals surface area (Å²) in [7, 11) is 0. The number of carbonyl (C=O) groups excluding carboxylic acids is 3. The number of epoxide rings is 1. The zero-order chi connectivity index (χ0) is 28.6. The maximum atomic E-state index is 13.1. The molecule has 0 bridgehead atoms. The number of carbonyl (C=O) groups is 3. The molecule has 2 aromatic rings. The number of likely N-dealkylation sites (N-methyl/N-ethyl adjacent to an activating group) is 1. The van der Waals surface area contributed by atoms with Gasteiger partial charge in [0.15, 0.2) is 24.6 Å². The summed E-state index contributed by atoms with van der Waals surface area (Å²) in [5.41, 5.74) is 1.63. The molecule has 216 valence electrons. The van der Waals surface area contributed by atoms with Crippen LogP contribution in [0, 0.1) is 0 Å². The standard InChI is InChI=1S/C30H37NO9/c1-5-31(6-2)29(34)28-27(39-28)25(35-17-21-13-9-7-10-14-21)26(38-20(4)33)24-23(37-19(3)32)18-36-30(40-24)22-15-11-8-12-16-22/h7-16,23-28,30H,5-6,17-18H2,1-4H3/t23-,24-,25-,26+,27+,28-,30-/m1/s1. The van der Waals surface area contributed by atoms with E-state index in [0.29, 0.717) is 13.1 Å². The molecule has 2 fully saturated rings. The van der Waals surface area contributed by atoms with Crippen LogP contribution in [0.1, 0.15) is 45.1 Å². The molecule has 2 heterocycles. The summed E-state index contributed by atoms with van der Waals surface area (Å²) >= 11 is 0. The lowest BCUT2D eigenvalue weighted by atomic mass is 9.97. The number of ether oxygens (including phenoxy) is 6. The van der Waals surface area contributed by atoms with Gasteiger partial charge in [-0.3, -0.25) is 14.4 Å². The van der Waals surface area contributed by atoms with Gasteiger partial charge in [-0.1, -0.05) is 60.7 Å². The highest BCUT2D eigenvalue weighted by atomic mass is 16.7. The molecule has 10 nitrogen and oxygen atoms in total. The Bertz CT molecular complexity index is 1120. The topological polar surface area (TPSA) is 113 Å². The molecule has 2 aliphatic rings. The number of benzene rings is 2. The van der Waals surface area contributed by atoms with Crippen molar-refractivity contribution in [3.05, 3.63) is 71.8 Å². The zero-order valence-corrected chi connectivity index (χ0v) is 23.3. The van der Waals surface area contributed by atoms with Crippen LogP contribution < -0.4 is 0 Å². The molecule has 0 radical (unpaired) electrons. The van der Waals surface area contributed by atoms with Gasteiger partial charge in [-0.2, -0.15) is 0 Å². The molecule has 0 spiro atoms. The van der Waals surface area contributed by atoms with Crippen LogP contribution in [0.5, 0.6) is 0 Å². The second-order valence-corrected chi connectivity index (χ2v) is 9.69. The minimum absolute atomic E-state index is 0.000305. The third-order valence-electron chi connectivity index (χ3n) is 6.85. The van der Waals surface area contributed by atoms with E-state index in [4.69, 9.17) is 28.4 Å². The van der Waals surface area contributed by atoms with Crippen molar-refractivity contribution in [1.82, 2.24) is 4.90 Å². The van der Waals surface area contributed by atoms with E-state index in [0.717, 1.165) is 11.1 Å². The molecule has 0 saturated carbocycles. The SMILES string of the molecule is CCN(CC)C(=O)[C@@H]1O[C@H]1[C@H](OCc1ccccc1)[C@@H](OC(C)=O)[C@@H]1O[C@H](c2ccccc2)OC[C@H]1OC(C)=O. The van der Waals surface area contributed by atoms with Crippen LogP contribution >= 0.6 is 0 Å².